The van der Waals surface area contributed by atoms with Gasteiger partial charge in [-0.1, -0.05) is 23.8 Å². The van der Waals surface area contributed by atoms with Crippen molar-refractivity contribution in [3.8, 4) is 5.75 Å². The molecule has 0 bridgehead atoms. The van der Waals surface area contributed by atoms with Gasteiger partial charge in [-0.3, -0.25) is 10.1 Å². The summed E-state index contributed by atoms with van der Waals surface area (Å²) in [7, 11) is 0. The van der Waals surface area contributed by atoms with Crippen LogP contribution in [0.3, 0.4) is 0 Å². The van der Waals surface area contributed by atoms with Gasteiger partial charge >= 0.3 is 6.16 Å². The fraction of sp³-hybridized carbons (Fsp3) is 0.188. The van der Waals surface area contributed by atoms with Crippen LogP contribution in [-0.2, 0) is 11.3 Å². The third kappa shape index (κ3) is 4.05. The van der Waals surface area contributed by atoms with Gasteiger partial charge in [0.1, 0.15) is 12.4 Å². The summed E-state index contributed by atoms with van der Waals surface area (Å²) in [6.07, 6.45) is -0.852. The maximum atomic E-state index is 11.6. The highest BCUT2D eigenvalue weighted by molar-refractivity contribution is 5.64. The number of nitro groups is 1. The Morgan fingerprint density at radius 3 is 2.45 bits per heavy atom. The van der Waals surface area contributed by atoms with E-state index in [-0.39, 0.29) is 18.0 Å². The molecule has 0 radical (unpaired) electrons. The van der Waals surface area contributed by atoms with Crippen LogP contribution < -0.4 is 4.74 Å². The Kier molecular flexibility index (Phi) is 4.73. The molecule has 0 saturated carbocycles. The molecule has 0 saturated heterocycles. The van der Waals surface area contributed by atoms with Gasteiger partial charge in [0.05, 0.1) is 4.92 Å². The van der Waals surface area contributed by atoms with E-state index >= 15 is 0 Å². The zero-order valence-electron chi connectivity index (χ0n) is 12.2. The van der Waals surface area contributed by atoms with Crippen LogP contribution >= 0.6 is 0 Å². The van der Waals surface area contributed by atoms with E-state index in [9.17, 15) is 14.9 Å². The van der Waals surface area contributed by atoms with Crippen LogP contribution in [0.2, 0.25) is 0 Å². The van der Waals surface area contributed by atoms with E-state index in [4.69, 9.17) is 9.47 Å². The van der Waals surface area contributed by atoms with Crippen LogP contribution in [0.1, 0.15) is 16.7 Å². The maximum Gasteiger partial charge on any atom is 0.514 e. The topological polar surface area (TPSA) is 78.7 Å². The molecule has 2 aromatic rings. The first-order valence-corrected chi connectivity index (χ1v) is 6.61. The molecular weight excluding hydrogens is 286 g/mol. The number of nitro benzene ring substituents is 1. The number of benzene rings is 2. The molecule has 0 fully saturated rings. The molecule has 0 amide bonds. The van der Waals surface area contributed by atoms with E-state index in [1.165, 1.54) is 24.3 Å². The molecule has 0 aromatic heterocycles. The molecule has 2 aromatic carbocycles. The van der Waals surface area contributed by atoms with Gasteiger partial charge in [-0.2, -0.15) is 0 Å². The first kappa shape index (κ1) is 15.5. The highest BCUT2D eigenvalue weighted by Crippen LogP contribution is 2.18. The van der Waals surface area contributed by atoms with E-state index in [0.29, 0.717) is 0 Å². The smallest absolute Gasteiger partial charge is 0.429 e. The van der Waals surface area contributed by atoms with Gasteiger partial charge in [-0.05, 0) is 37.1 Å². The average Bonchev–Trinajstić information content (AvgIpc) is 2.49. The summed E-state index contributed by atoms with van der Waals surface area (Å²) in [5, 5.41) is 10.5. The Labute approximate surface area is 127 Å². The Balaban J connectivity index is 1.92. The van der Waals surface area contributed by atoms with Crippen molar-refractivity contribution in [2.24, 2.45) is 0 Å². The van der Waals surface area contributed by atoms with Crippen molar-refractivity contribution in [2.75, 3.05) is 0 Å². The van der Waals surface area contributed by atoms with Gasteiger partial charge in [0.2, 0.25) is 0 Å². The summed E-state index contributed by atoms with van der Waals surface area (Å²) in [5.41, 5.74) is 2.93. The molecule has 22 heavy (non-hydrogen) atoms. The second-order valence-electron chi connectivity index (χ2n) is 4.82. The van der Waals surface area contributed by atoms with Gasteiger partial charge in [0.25, 0.3) is 5.69 Å². The number of hydrogen-bond donors (Lipinski definition) is 0. The fourth-order valence-electron chi connectivity index (χ4n) is 1.85. The zero-order valence-corrected chi connectivity index (χ0v) is 12.2. The summed E-state index contributed by atoms with van der Waals surface area (Å²) in [6, 6.07) is 11.1. The third-order valence-corrected chi connectivity index (χ3v) is 3.10. The summed E-state index contributed by atoms with van der Waals surface area (Å²) in [6.45, 7) is 4.00. The molecule has 2 rings (SSSR count). The lowest BCUT2D eigenvalue weighted by atomic mass is 10.1. The summed E-state index contributed by atoms with van der Waals surface area (Å²) < 4.78 is 10.0. The van der Waals surface area contributed by atoms with E-state index in [2.05, 4.69) is 0 Å². The number of carbonyl (C=O) groups is 1. The van der Waals surface area contributed by atoms with Crippen molar-refractivity contribution in [3.05, 3.63) is 69.3 Å². The lowest BCUT2D eigenvalue weighted by Gasteiger charge is -2.08. The molecule has 114 valence electrons. The number of ether oxygens (including phenoxy) is 2. The van der Waals surface area contributed by atoms with Gasteiger partial charge in [0, 0.05) is 12.1 Å². The lowest BCUT2D eigenvalue weighted by molar-refractivity contribution is -0.384. The second-order valence-corrected chi connectivity index (χ2v) is 4.82. The SMILES string of the molecule is Cc1ccc(C)c(COC(=O)Oc2ccc([N+](=O)[O-])cc2)c1. The van der Waals surface area contributed by atoms with E-state index < -0.39 is 11.1 Å². The molecule has 6 nitrogen and oxygen atoms in total. The minimum absolute atomic E-state index is 0.0731. The number of hydrogen-bond acceptors (Lipinski definition) is 5. The van der Waals surface area contributed by atoms with Crippen molar-refractivity contribution >= 4 is 11.8 Å². The number of nitrogens with zero attached hydrogens (tertiary/aromatic N) is 1. The minimum Gasteiger partial charge on any atom is -0.429 e. The van der Waals surface area contributed by atoms with Crippen molar-refractivity contribution in [1.29, 1.82) is 0 Å². The van der Waals surface area contributed by atoms with Crippen molar-refractivity contribution in [2.45, 2.75) is 20.5 Å². The van der Waals surface area contributed by atoms with Crippen LogP contribution in [0.4, 0.5) is 10.5 Å². The van der Waals surface area contributed by atoms with Gasteiger partial charge in [-0.25, -0.2) is 4.79 Å². The number of rotatable bonds is 4. The molecule has 0 N–H and O–H groups in total. The van der Waals surface area contributed by atoms with Crippen LogP contribution in [-0.4, -0.2) is 11.1 Å². The Morgan fingerprint density at radius 1 is 1.14 bits per heavy atom. The Hall–Kier alpha value is -2.89. The highest BCUT2D eigenvalue weighted by atomic mass is 16.7. The maximum absolute atomic E-state index is 11.6. The van der Waals surface area contributed by atoms with Crippen molar-refractivity contribution in [1.82, 2.24) is 0 Å². The predicted molar refractivity (Wildman–Crippen MR) is 79.8 cm³/mol. The number of aryl methyl sites for hydroxylation is 2. The predicted octanol–water partition coefficient (Wildman–Crippen LogP) is 3.93. The lowest BCUT2D eigenvalue weighted by Crippen LogP contribution is -2.11. The molecule has 0 spiro atoms. The van der Waals surface area contributed by atoms with Crippen LogP contribution in [0, 0.1) is 24.0 Å². The first-order valence-electron chi connectivity index (χ1n) is 6.61. The molecule has 0 aliphatic heterocycles. The van der Waals surface area contributed by atoms with Crippen molar-refractivity contribution in [3.63, 3.8) is 0 Å². The first-order chi connectivity index (χ1) is 10.5. The van der Waals surface area contributed by atoms with E-state index in [1.54, 1.807) is 0 Å². The van der Waals surface area contributed by atoms with Gasteiger partial charge in [-0.15, -0.1) is 0 Å². The molecule has 0 atom stereocenters. The standard InChI is InChI=1S/C16H15NO5/c1-11-3-4-12(2)13(9-11)10-21-16(18)22-15-7-5-14(6-8-15)17(19)20/h3-9H,10H2,1-2H3. The molecular formula is C16H15NO5. The number of carbonyl (C=O) groups excluding carboxylic acids is 1. The third-order valence-electron chi connectivity index (χ3n) is 3.10. The van der Waals surface area contributed by atoms with Crippen LogP contribution in [0.25, 0.3) is 0 Å². The largest absolute Gasteiger partial charge is 0.514 e. The average molecular weight is 301 g/mol. The van der Waals surface area contributed by atoms with Crippen LogP contribution in [0.15, 0.2) is 42.5 Å². The number of non-ortho nitro benzene ring substituents is 1. The second kappa shape index (κ2) is 6.71. The van der Waals surface area contributed by atoms with E-state index in [0.717, 1.165) is 16.7 Å². The minimum atomic E-state index is -0.852. The van der Waals surface area contributed by atoms with Gasteiger partial charge in [0.15, 0.2) is 0 Å². The zero-order chi connectivity index (χ0) is 16.1. The van der Waals surface area contributed by atoms with Gasteiger partial charge < -0.3 is 9.47 Å². The summed E-state index contributed by atoms with van der Waals surface area (Å²) >= 11 is 0. The Bertz CT molecular complexity index is 694. The van der Waals surface area contributed by atoms with Crippen molar-refractivity contribution < 1.29 is 19.2 Å². The Morgan fingerprint density at radius 2 is 1.82 bits per heavy atom. The van der Waals surface area contributed by atoms with E-state index in [1.807, 2.05) is 32.0 Å². The van der Waals surface area contributed by atoms with Crippen LogP contribution in [0.5, 0.6) is 5.75 Å². The molecule has 0 heterocycles. The normalized spacial score (nSPS) is 10.1. The monoisotopic (exact) mass is 301 g/mol. The summed E-state index contributed by atoms with van der Waals surface area (Å²) in [5.74, 6) is 0.191. The summed E-state index contributed by atoms with van der Waals surface area (Å²) in [4.78, 5) is 21.6. The highest BCUT2D eigenvalue weighted by Gasteiger charge is 2.10. The molecule has 0 aliphatic rings. The fourth-order valence-corrected chi connectivity index (χ4v) is 1.85. The quantitative estimate of drug-likeness (QED) is 0.370. The molecule has 0 unspecified atom stereocenters. The molecule has 6 heteroatoms. The molecule has 0 aliphatic carbocycles.